The zero-order chi connectivity index (χ0) is 7.28. The van der Waals surface area contributed by atoms with Crippen molar-refractivity contribution in [1.82, 2.24) is 0 Å². The van der Waals surface area contributed by atoms with Crippen molar-refractivity contribution in [3.8, 4) is 0 Å². The standard InChI is InChI=1S/C5H11ClO2S/c1-5(2-3-6)4-9(7)8/h5H,2-4H2,1H3,(H,7,8). The van der Waals surface area contributed by atoms with Crippen LogP contribution in [-0.2, 0) is 11.1 Å². The molecular weight excluding hydrogens is 160 g/mol. The first kappa shape index (κ1) is 9.40. The Balaban J connectivity index is 3.26. The first-order valence-electron chi connectivity index (χ1n) is 2.80. The Morgan fingerprint density at radius 3 is 2.67 bits per heavy atom. The molecule has 0 aromatic carbocycles. The minimum atomic E-state index is -1.66. The second-order valence-corrected chi connectivity index (χ2v) is 3.43. The summed E-state index contributed by atoms with van der Waals surface area (Å²) in [6.07, 6.45) is 0.813. The van der Waals surface area contributed by atoms with Gasteiger partial charge in [-0.1, -0.05) is 6.92 Å². The fourth-order valence-corrected chi connectivity index (χ4v) is 1.54. The van der Waals surface area contributed by atoms with Crippen molar-refractivity contribution < 1.29 is 8.76 Å². The quantitative estimate of drug-likeness (QED) is 0.513. The number of hydrogen-bond acceptors (Lipinski definition) is 1. The molecule has 1 N–H and O–H groups in total. The molecule has 0 aliphatic rings. The molecule has 0 aliphatic heterocycles. The highest BCUT2D eigenvalue weighted by Gasteiger charge is 2.03. The van der Waals surface area contributed by atoms with Gasteiger partial charge in [-0.3, -0.25) is 0 Å². The topological polar surface area (TPSA) is 37.3 Å². The molecule has 2 nitrogen and oxygen atoms in total. The van der Waals surface area contributed by atoms with Crippen LogP contribution in [0, 0.1) is 5.92 Å². The Labute approximate surface area is 62.9 Å². The molecule has 0 saturated heterocycles. The maximum Gasteiger partial charge on any atom is 0.153 e. The molecule has 0 aromatic heterocycles. The molecule has 4 heteroatoms. The zero-order valence-corrected chi connectivity index (χ0v) is 6.91. The van der Waals surface area contributed by atoms with Gasteiger partial charge in [0.05, 0.1) is 5.75 Å². The second-order valence-electron chi connectivity index (χ2n) is 2.07. The van der Waals surface area contributed by atoms with E-state index in [4.69, 9.17) is 16.2 Å². The summed E-state index contributed by atoms with van der Waals surface area (Å²) in [6.45, 7) is 1.91. The van der Waals surface area contributed by atoms with Crippen LogP contribution in [0.4, 0.5) is 0 Å². The molecule has 0 radical (unpaired) electrons. The number of rotatable bonds is 4. The Hall–Kier alpha value is 0.400. The third kappa shape index (κ3) is 6.28. The predicted octanol–water partition coefficient (Wildman–Crippen LogP) is 1.47. The number of hydrogen-bond donors (Lipinski definition) is 1. The average Bonchev–Trinajstić information content (AvgIpc) is 1.63. The van der Waals surface area contributed by atoms with E-state index in [1.165, 1.54) is 0 Å². The van der Waals surface area contributed by atoms with Crippen LogP contribution < -0.4 is 0 Å². The molecule has 0 aromatic rings. The molecule has 0 fully saturated rings. The molecule has 0 saturated carbocycles. The summed E-state index contributed by atoms with van der Waals surface area (Å²) in [7, 11) is 0. The molecule has 9 heavy (non-hydrogen) atoms. The molecule has 0 amide bonds. The van der Waals surface area contributed by atoms with Gasteiger partial charge in [0.1, 0.15) is 0 Å². The molecule has 56 valence electrons. The van der Waals surface area contributed by atoms with Crippen molar-refractivity contribution in [3.63, 3.8) is 0 Å². The molecule has 0 bridgehead atoms. The summed E-state index contributed by atoms with van der Waals surface area (Å²) >= 11 is 3.74. The molecule has 2 unspecified atom stereocenters. The van der Waals surface area contributed by atoms with Crippen LogP contribution in [0.3, 0.4) is 0 Å². The SMILES string of the molecule is CC(CCCl)CS(=O)O. The summed E-state index contributed by atoms with van der Waals surface area (Å²) in [5.74, 6) is 1.17. The van der Waals surface area contributed by atoms with Crippen molar-refractivity contribution in [2.24, 2.45) is 5.92 Å². The fourth-order valence-electron chi connectivity index (χ4n) is 0.513. The van der Waals surface area contributed by atoms with Gasteiger partial charge < -0.3 is 4.55 Å². The van der Waals surface area contributed by atoms with E-state index in [-0.39, 0.29) is 5.92 Å². The number of halogens is 1. The van der Waals surface area contributed by atoms with Crippen LogP contribution in [0.25, 0.3) is 0 Å². The molecule has 0 heterocycles. The van der Waals surface area contributed by atoms with Gasteiger partial charge >= 0.3 is 0 Å². The molecule has 0 spiro atoms. The maximum atomic E-state index is 10.2. The van der Waals surface area contributed by atoms with Gasteiger partial charge in [0.15, 0.2) is 11.1 Å². The lowest BCUT2D eigenvalue weighted by molar-refractivity contribution is 0.539. The van der Waals surface area contributed by atoms with Crippen LogP contribution in [0.1, 0.15) is 13.3 Å². The third-order valence-corrected chi connectivity index (χ3v) is 2.10. The smallest absolute Gasteiger partial charge is 0.153 e. The van der Waals surface area contributed by atoms with Gasteiger partial charge in [-0.15, -0.1) is 11.6 Å². The summed E-state index contributed by atoms with van der Waals surface area (Å²) < 4.78 is 18.5. The van der Waals surface area contributed by atoms with Gasteiger partial charge in [0.25, 0.3) is 0 Å². The van der Waals surface area contributed by atoms with Crippen LogP contribution in [0.2, 0.25) is 0 Å². The van der Waals surface area contributed by atoms with Crippen LogP contribution in [-0.4, -0.2) is 20.4 Å². The van der Waals surface area contributed by atoms with Gasteiger partial charge in [-0.2, -0.15) is 0 Å². The van der Waals surface area contributed by atoms with Gasteiger partial charge in [0, 0.05) is 5.88 Å². The summed E-state index contributed by atoms with van der Waals surface area (Å²) in [5, 5.41) is 0. The van der Waals surface area contributed by atoms with Crippen molar-refractivity contribution in [1.29, 1.82) is 0 Å². The van der Waals surface area contributed by atoms with E-state index >= 15 is 0 Å². The lowest BCUT2D eigenvalue weighted by Crippen LogP contribution is -2.06. The van der Waals surface area contributed by atoms with E-state index in [0.717, 1.165) is 6.42 Å². The first-order chi connectivity index (χ1) is 4.16. The van der Waals surface area contributed by atoms with Crippen molar-refractivity contribution >= 4 is 22.7 Å². The number of alkyl halides is 1. The van der Waals surface area contributed by atoms with E-state index in [9.17, 15) is 4.21 Å². The van der Waals surface area contributed by atoms with E-state index < -0.39 is 11.1 Å². The normalized spacial score (nSPS) is 17.2. The molecule has 0 aliphatic carbocycles. The molecule has 2 atom stereocenters. The fraction of sp³-hybridized carbons (Fsp3) is 1.00. The van der Waals surface area contributed by atoms with Crippen LogP contribution in [0.5, 0.6) is 0 Å². The maximum absolute atomic E-state index is 10.2. The van der Waals surface area contributed by atoms with Crippen molar-refractivity contribution in [2.45, 2.75) is 13.3 Å². The van der Waals surface area contributed by atoms with Gasteiger partial charge in [-0.05, 0) is 12.3 Å². The third-order valence-electron chi connectivity index (χ3n) is 1.03. The Morgan fingerprint density at radius 2 is 2.33 bits per heavy atom. The summed E-state index contributed by atoms with van der Waals surface area (Å²) in [5.41, 5.74) is 0. The average molecular weight is 171 g/mol. The Kier molecular flexibility index (Phi) is 5.44. The van der Waals surface area contributed by atoms with Crippen LogP contribution >= 0.6 is 11.6 Å². The van der Waals surface area contributed by atoms with Gasteiger partial charge in [0.2, 0.25) is 0 Å². The van der Waals surface area contributed by atoms with Gasteiger partial charge in [-0.25, -0.2) is 4.21 Å². The summed E-state index contributed by atoms with van der Waals surface area (Å²) in [6, 6.07) is 0. The summed E-state index contributed by atoms with van der Waals surface area (Å²) in [4.78, 5) is 0. The van der Waals surface area contributed by atoms with Crippen molar-refractivity contribution in [3.05, 3.63) is 0 Å². The van der Waals surface area contributed by atoms with E-state index in [2.05, 4.69) is 0 Å². The Bertz CT molecular complexity index is 97.0. The lowest BCUT2D eigenvalue weighted by Gasteiger charge is -2.03. The first-order valence-corrected chi connectivity index (χ1v) is 4.61. The van der Waals surface area contributed by atoms with E-state index in [0.29, 0.717) is 11.6 Å². The largest absolute Gasteiger partial charge is 0.306 e. The monoisotopic (exact) mass is 170 g/mol. The minimum Gasteiger partial charge on any atom is -0.306 e. The highest BCUT2D eigenvalue weighted by Crippen LogP contribution is 2.03. The van der Waals surface area contributed by atoms with Crippen molar-refractivity contribution in [2.75, 3.05) is 11.6 Å². The highest BCUT2D eigenvalue weighted by molar-refractivity contribution is 7.79. The lowest BCUT2D eigenvalue weighted by atomic mass is 10.2. The highest BCUT2D eigenvalue weighted by atomic mass is 35.5. The van der Waals surface area contributed by atoms with Crippen LogP contribution in [0.15, 0.2) is 0 Å². The molecule has 0 rings (SSSR count). The van der Waals surface area contributed by atoms with E-state index in [1.807, 2.05) is 6.92 Å². The predicted molar refractivity (Wildman–Crippen MR) is 40.1 cm³/mol. The van der Waals surface area contributed by atoms with E-state index in [1.54, 1.807) is 0 Å². The minimum absolute atomic E-state index is 0.258. The zero-order valence-electron chi connectivity index (χ0n) is 5.34. The second kappa shape index (κ2) is 5.21. The molecular formula is C5H11ClO2S. The Morgan fingerprint density at radius 1 is 1.78 bits per heavy atom.